The molecule has 154 valence electrons. The van der Waals surface area contributed by atoms with Crippen LogP contribution in [-0.4, -0.2) is 81.2 Å². The maximum atomic E-state index is 11.9. The fraction of sp³-hybridized carbons (Fsp3) is 0.842. The number of hydrogen-bond donors (Lipinski definition) is 2. The fourth-order valence-corrected chi connectivity index (χ4v) is 3.60. The molecule has 1 aliphatic heterocycles. The van der Waals surface area contributed by atoms with Crippen LogP contribution in [0.1, 0.15) is 44.9 Å². The third-order valence-electron chi connectivity index (χ3n) is 5.42. The fourth-order valence-electron chi connectivity index (χ4n) is 3.60. The Balaban J connectivity index is 1.87. The summed E-state index contributed by atoms with van der Waals surface area (Å²) in [5, 5.41) is 6.90. The minimum absolute atomic E-state index is 0.0192. The van der Waals surface area contributed by atoms with Crippen LogP contribution in [0.15, 0.2) is 4.99 Å². The zero-order chi connectivity index (χ0) is 19.6. The van der Waals surface area contributed by atoms with Gasteiger partial charge >= 0.3 is 6.09 Å². The molecule has 8 nitrogen and oxygen atoms in total. The van der Waals surface area contributed by atoms with Crippen molar-refractivity contribution in [3.8, 4) is 0 Å². The second-order valence-corrected chi connectivity index (χ2v) is 7.71. The summed E-state index contributed by atoms with van der Waals surface area (Å²) >= 11 is 0. The van der Waals surface area contributed by atoms with E-state index in [9.17, 15) is 9.59 Å². The van der Waals surface area contributed by atoms with Gasteiger partial charge in [-0.1, -0.05) is 19.3 Å². The van der Waals surface area contributed by atoms with E-state index >= 15 is 0 Å². The highest BCUT2D eigenvalue weighted by molar-refractivity contribution is 5.85. The monoisotopic (exact) mass is 381 g/mol. The van der Waals surface area contributed by atoms with Gasteiger partial charge in [-0.3, -0.25) is 4.79 Å². The Morgan fingerprint density at radius 3 is 2.37 bits per heavy atom. The van der Waals surface area contributed by atoms with Crippen LogP contribution in [0.2, 0.25) is 0 Å². The standard InChI is InChI=1S/C19H35N5O3/c1-23(2)17(25)14-21-18(20-13-15-7-5-4-6-8-15)22-16-9-11-24(12-10-16)19(26)27-3/h15-16H,4-14H2,1-3H3,(H2,20,21,22). The number of carbonyl (C=O) groups excluding carboxylic acids is 2. The van der Waals surface area contributed by atoms with Crippen LogP contribution in [0.4, 0.5) is 4.79 Å². The van der Waals surface area contributed by atoms with E-state index < -0.39 is 0 Å². The van der Waals surface area contributed by atoms with Gasteiger partial charge in [-0.25, -0.2) is 9.79 Å². The second-order valence-electron chi connectivity index (χ2n) is 7.71. The first-order valence-corrected chi connectivity index (χ1v) is 10.1. The molecule has 2 N–H and O–H groups in total. The Hall–Kier alpha value is -1.99. The first-order valence-electron chi connectivity index (χ1n) is 10.1. The molecule has 0 spiro atoms. The van der Waals surface area contributed by atoms with E-state index in [0.29, 0.717) is 25.0 Å². The number of nitrogens with one attached hydrogen (secondary N) is 2. The minimum atomic E-state index is -0.269. The van der Waals surface area contributed by atoms with Crippen LogP contribution >= 0.6 is 0 Å². The summed E-state index contributed by atoms with van der Waals surface area (Å²) in [6, 6.07) is 0.234. The molecule has 8 heteroatoms. The van der Waals surface area contributed by atoms with Crippen molar-refractivity contribution in [3.05, 3.63) is 0 Å². The Morgan fingerprint density at radius 1 is 1.11 bits per heavy atom. The van der Waals surface area contributed by atoms with Crippen LogP contribution < -0.4 is 10.6 Å². The number of piperidine rings is 1. The average Bonchev–Trinajstić information content (AvgIpc) is 2.70. The van der Waals surface area contributed by atoms with Crippen molar-refractivity contribution in [1.29, 1.82) is 0 Å². The normalized spacial score (nSPS) is 19.5. The van der Waals surface area contributed by atoms with Gasteiger partial charge in [-0.15, -0.1) is 0 Å². The molecule has 2 amide bonds. The predicted octanol–water partition coefficient (Wildman–Crippen LogP) is 1.42. The van der Waals surface area contributed by atoms with Gasteiger partial charge in [0.15, 0.2) is 5.96 Å². The number of nitrogens with zero attached hydrogens (tertiary/aromatic N) is 3. The van der Waals surface area contributed by atoms with Gasteiger partial charge in [-0.2, -0.15) is 0 Å². The molecule has 1 saturated heterocycles. The molecule has 1 saturated carbocycles. The molecule has 0 aromatic heterocycles. The highest BCUT2D eigenvalue weighted by Gasteiger charge is 2.24. The molecule has 0 aromatic rings. The van der Waals surface area contributed by atoms with Crippen molar-refractivity contribution in [2.24, 2.45) is 10.9 Å². The average molecular weight is 382 g/mol. The molecule has 2 aliphatic rings. The van der Waals surface area contributed by atoms with Crippen molar-refractivity contribution in [2.75, 3.05) is 47.4 Å². The summed E-state index contributed by atoms with van der Waals surface area (Å²) in [4.78, 5) is 31.3. The molecular weight excluding hydrogens is 346 g/mol. The van der Waals surface area contributed by atoms with Gasteiger partial charge in [0.1, 0.15) is 6.54 Å². The number of ether oxygens (including phenoxy) is 1. The molecule has 0 unspecified atom stereocenters. The van der Waals surface area contributed by atoms with E-state index in [4.69, 9.17) is 4.74 Å². The smallest absolute Gasteiger partial charge is 0.409 e. The highest BCUT2D eigenvalue weighted by Crippen LogP contribution is 2.22. The zero-order valence-corrected chi connectivity index (χ0v) is 17.0. The van der Waals surface area contributed by atoms with E-state index in [0.717, 1.165) is 19.4 Å². The van der Waals surface area contributed by atoms with E-state index in [2.05, 4.69) is 15.6 Å². The van der Waals surface area contributed by atoms with Crippen LogP contribution in [0.5, 0.6) is 0 Å². The van der Waals surface area contributed by atoms with Crippen LogP contribution in [0.25, 0.3) is 0 Å². The molecule has 27 heavy (non-hydrogen) atoms. The summed E-state index contributed by atoms with van der Waals surface area (Å²) in [7, 11) is 4.89. The van der Waals surface area contributed by atoms with Crippen molar-refractivity contribution in [1.82, 2.24) is 20.4 Å². The number of carbonyl (C=O) groups is 2. The van der Waals surface area contributed by atoms with E-state index in [1.165, 1.54) is 39.2 Å². The number of amides is 2. The topological polar surface area (TPSA) is 86.3 Å². The lowest BCUT2D eigenvalue weighted by Gasteiger charge is -2.32. The lowest BCUT2D eigenvalue weighted by atomic mass is 9.89. The molecule has 2 fully saturated rings. The predicted molar refractivity (Wildman–Crippen MR) is 106 cm³/mol. The third-order valence-corrected chi connectivity index (χ3v) is 5.42. The summed E-state index contributed by atoms with van der Waals surface area (Å²) in [5.41, 5.74) is 0. The maximum absolute atomic E-state index is 11.9. The minimum Gasteiger partial charge on any atom is -0.453 e. The van der Waals surface area contributed by atoms with Gasteiger partial charge < -0.3 is 25.2 Å². The number of methoxy groups -OCH3 is 1. The summed E-state index contributed by atoms with van der Waals surface area (Å²) in [5.74, 6) is 1.36. The Bertz CT molecular complexity index is 509. The number of hydrogen-bond acceptors (Lipinski definition) is 4. The molecule has 1 heterocycles. The third kappa shape index (κ3) is 7.27. The van der Waals surface area contributed by atoms with Gasteiger partial charge in [0.05, 0.1) is 7.11 Å². The number of likely N-dealkylation sites (N-methyl/N-ethyl adjacent to an activating group) is 1. The molecule has 0 radical (unpaired) electrons. The second kappa shape index (κ2) is 11.0. The van der Waals surface area contributed by atoms with Gasteiger partial charge in [-0.05, 0) is 31.6 Å². The van der Waals surface area contributed by atoms with E-state index in [1.54, 1.807) is 23.9 Å². The number of aliphatic imine (C=N–C) groups is 1. The summed E-state index contributed by atoms with van der Waals surface area (Å²) in [6.45, 7) is 2.35. The zero-order valence-electron chi connectivity index (χ0n) is 17.0. The molecular formula is C19H35N5O3. The molecule has 2 rings (SSSR count). The molecule has 0 bridgehead atoms. The van der Waals surface area contributed by atoms with Crippen LogP contribution in [0, 0.1) is 5.92 Å². The van der Waals surface area contributed by atoms with E-state index in [-0.39, 0.29) is 24.6 Å². The van der Waals surface area contributed by atoms with Crippen LogP contribution in [0.3, 0.4) is 0 Å². The molecule has 0 aromatic carbocycles. The Labute approximate surface area is 162 Å². The van der Waals surface area contributed by atoms with Gasteiger partial charge in [0, 0.05) is 39.8 Å². The highest BCUT2D eigenvalue weighted by atomic mass is 16.5. The Kier molecular flexibility index (Phi) is 8.67. The lowest BCUT2D eigenvalue weighted by molar-refractivity contribution is -0.127. The van der Waals surface area contributed by atoms with Gasteiger partial charge in [0.2, 0.25) is 5.91 Å². The quantitative estimate of drug-likeness (QED) is 0.556. The van der Waals surface area contributed by atoms with Crippen LogP contribution in [-0.2, 0) is 9.53 Å². The molecule has 0 atom stereocenters. The number of rotatable bonds is 5. The largest absolute Gasteiger partial charge is 0.453 e. The number of guanidine groups is 1. The summed E-state index contributed by atoms with van der Waals surface area (Å²) in [6.07, 6.45) is 7.86. The van der Waals surface area contributed by atoms with Crippen molar-refractivity contribution in [2.45, 2.75) is 51.0 Å². The SMILES string of the molecule is COC(=O)N1CCC(NC(=NCC(=O)N(C)C)NCC2CCCCC2)CC1. The molecule has 1 aliphatic carbocycles. The maximum Gasteiger partial charge on any atom is 0.409 e. The Morgan fingerprint density at radius 2 is 1.78 bits per heavy atom. The first kappa shape index (κ1) is 21.3. The van der Waals surface area contributed by atoms with Gasteiger partial charge in [0.25, 0.3) is 0 Å². The van der Waals surface area contributed by atoms with Crippen molar-refractivity contribution >= 4 is 18.0 Å². The lowest BCUT2D eigenvalue weighted by Crippen LogP contribution is -2.50. The summed E-state index contributed by atoms with van der Waals surface area (Å²) < 4.78 is 4.79. The van der Waals surface area contributed by atoms with Crippen molar-refractivity contribution < 1.29 is 14.3 Å². The van der Waals surface area contributed by atoms with E-state index in [1.807, 2.05) is 0 Å². The number of likely N-dealkylation sites (tertiary alicyclic amines) is 1. The van der Waals surface area contributed by atoms with Crippen molar-refractivity contribution in [3.63, 3.8) is 0 Å². The first-order chi connectivity index (χ1) is 13.0.